The van der Waals surface area contributed by atoms with Crippen LogP contribution in [0.5, 0.6) is 5.75 Å². The van der Waals surface area contributed by atoms with E-state index < -0.39 is 0 Å². The first-order valence-corrected chi connectivity index (χ1v) is 7.43. The van der Waals surface area contributed by atoms with Gasteiger partial charge in [-0.05, 0) is 48.2 Å². The van der Waals surface area contributed by atoms with Crippen LogP contribution in [0, 0.1) is 0 Å². The molecule has 1 amide bonds. The van der Waals surface area contributed by atoms with Crippen molar-refractivity contribution in [2.45, 2.75) is 26.2 Å². The van der Waals surface area contributed by atoms with Crippen molar-refractivity contribution in [3.63, 3.8) is 0 Å². The number of carbonyl (C=O) groups excluding carboxylic acids is 1. The molecule has 3 N–H and O–H groups in total. The Balaban J connectivity index is 1.88. The molecule has 2 rings (SSSR count). The zero-order valence-corrected chi connectivity index (χ0v) is 13.1. The summed E-state index contributed by atoms with van der Waals surface area (Å²) in [7, 11) is 1.59. The van der Waals surface area contributed by atoms with Gasteiger partial charge in [-0.2, -0.15) is 0 Å². The molecule has 0 atom stereocenters. The largest absolute Gasteiger partial charge is 0.495 e. The van der Waals surface area contributed by atoms with Crippen molar-refractivity contribution in [3.8, 4) is 5.75 Å². The second kappa shape index (κ2) is 7.50. The average molecular weight is 298 g/mol. The minimum atomic E-state index is -0.00126. The van der Waals surface area contributed by atoms with Crippen molar-refractivity contribution in [3.05, 3.63) is 53.6 Å². The Morgan fingerprint density at radius 1 is 1.14 bits per heavy atom. The average Bonchev–Trinajstić information content (AvgIpc) is 2.54. The highest BCUT2D eigenvalue weighted by Gasteiger charge is 2.05. The number of hydrogen-bond acceptors (Lipinski definition) is 3. The van der Waals surface area contributed by atoms with E-state index in [0.717, 1.165) is 17.7 Å². The molecule has 0 radical (unpaired) electrons. The Labute approximate surface area is 131 Å². The Morgan fingerprint density at radius 2 is 1.82 bits per heavy atom. The maximum Gasteiger partial charge on any atom is 0.224 e. The fraction of sp³-hybridized carbons (Fsp3) is 0.278. The summed E-state index contributed by atoms with van der Waals surface area (Å²) in [6.45, 7) is 2.11. The minimum Gasteiger partial charge on any atom is -0.495 e. The smallest absolute Gasteiger partial charge is 0.224 e. The zero-order chi connectivity index (χ0) is 15.9. The second-order valence-corrected chi connectivity index (χ2v) is 5.17. The van der Waals surface area contributed by atoms with E-state index >= 15 is 0 Å². The first-order chi connectivity index (χ1) is 10.6. The molecule has 4 heteroatoms. The molecule has 0 aliphatic heterocycles. The number of methoxy groups -OCH3 is 1. The third-order valence-corrected chi connectivity index (χ3v) is 3.58. The Bertz CT molecular complexity index is 636. The topological polar surface area (TPSA) is 64.3 Å². The predicted octanol–water partition coefficient (Wildman–Crippen LogP) is 3.41. The van der Waals surface area contributed by atoms with Gasteiger partial charge in [-0.25, -0.2) is 0 Å². The second-order valence-electron chi connectivity index (χ2n) is 5.17. The van der Waals surface area contributed by atoms with Crippen LogP contribution in [0.25, 0.3) is 0 Å². The summed E-state index contributed by atoms with van der Waals surface area (Å²) in [6.07, 6.45) is 2.06. The molecule has 0 aliphatic carbocycles. The van der Waals surface area contributed by atoms with E-state index in [1.54, 1.807) is 7.11 Å². The van der Waals surface area contributed by atoms with Gasteiger partial charge < -0.3 is 15.8 Å². The molecule has 0 fully saturated rings. The molecule has 0 spiro atoms. The van der Waals surface area contributed by atoms with Gasteiger partial charge in [0.25, 0.3) is 0 Å². The van der Waals surface area contributed by atoms with E-state index in [1.165, 1.54) is 5.56 Å². The molecule has 22 heavy (non-hydrogen) atoms. The van der Waals surface area contributed by atoms with Gasteiger partial charge in [0.15, 0.2) is 0 Å². The molecule has 2 aromatic carbocycles. The van der Waals surface area contributed by atoms with E-state index in [1.807, 2.05) is 42.5 Å². The number of anilines is 2. The van der Waals surface area contributed by atoms with Gasteiger partial charge in [-0.15, -0.1) is 0 Å². The fourth-order valence-electron chi connectivity index (χ4n) is 2.24. The number of benzene rings is 2. The summed E-state index contributed by atoms with van der Waals surface area (Å²) in [5, 5.41) is 2.91. The van der Waals surface area contributed by atoms with Crippen molar-refractivity contribution in [1.82, 2.24) is 0 Å². The van der Waals surface area contributed by atoms with Crippen LogP contribution in [0.4, 0.5) is 11.4 Å². The van der Waals surface area contributed by atoms with Crippen molar-refractivity contribution < 1.29 is 9.53 Å². The number of aryl methyl sites for hydroxylation is 2. The van der Waals surface area contributed by atoms with Crippen LogP contribution in [0.2, 0.25) is 0 Å². The number of nitrogens with one attached hydrogen (secondary N) is 1. The molecule has 0 heterocycles. The van der Waals surface area contributed by atoms with Crippen LogP contribution < -0.4 is 15.8 Å². The van der Waals surface area contributed by atoms with Gasteiger partial charge in [0.05, 0.1) is 12.8 Å². The molecule has 0 aromatic heterocycles. The van der Waals surface area contributed by atoms with Crippen molar-refractivity contribution in [2.24, 2.45) is 0 Å². The Morgan fingerprint density at radius 3 is 2.41 bits per heavy atom. The van der Waals surface area contributed by atoms with Gasteiger partial charge in [-0.1, -0.05) is 25.1 Å². The van der Waals surface area contributed by atoms with E-state index in [9.17, 15) is 4.79 Å². The monoisotopic (exact) mass is 298 g/mol. The SMILES string of the molecule is CCc1ccc(NC(=O)CCc2ccc(OC)c(N)c2)cc1. The predicted molar refractivity (Wildman–Crippen MR) is 90.2 cm³/mol. The van der Waals surface area contributed by atoms with Crippen LogP contribution in [-0.4, -0.2) is 13.0 Å². The molecule has 116 valence electrons. The van der Waals surface area contributed by atoms with Crippen LogP contribution in [0.1, 0.15) is 24.5 Å². The lowest BCUT2D eigenvalue weighted by molar-refractivity contribution is -0.116. The first-order valence-electron chi connectivity index (χ1n) is 7.43. The van der Waals surface area contributed by atoms with Crippen LogP contribution in [0.15, 0.2) is 42.5 Å². The summed E-state index contributed by atoms with van der Waals surface area (Å²) in [5.41, 5.74) is 9.57. The first kappa shape index (κ1) is 15.9. The molecular formula is C18H22N2O2. The summed E-state index contributed by atoms with van der Waals surface area (Å²) in [6, 6.07) is 13.5. The number of carbonyl (C=O) groups is 1. The van der Waals surface area contributed by atoms with Gasteiger partial charge >= 0.3 is 0 Å². The number of hydrogen-bond donors (Lipinski definition) is 2. The van der Waals surface area contributed by atoms with E-state index in [2.05, 4.69) is 12.2 Å². The lowest BCUT2D eigenvalue weighted by atomic mass is 10.1. The third-order valence-electron chi connectivity index (χ3n) is 3.58. The molecule has 0 bridgehead atoms. The van der Waals surface area contributed by atoms with E-state index in [0.29, 0.717) is 24.3 Å². The van der Waals surface area contributed by atoms with Gasteiger partial charge in [0.2, 0.25) is 5.91 Å². The third kappa shape index (κ3) is 4.25. The quantitative estimate of drug-likeness (QED) is 0.803. The molecular weight excluding hydrogens is 276 g/mol. The van der Waals surface area contributed by atoms with E-state index in [-0.39, 0.29) is 5.91 Å². The number of nitrogens with two attached hydrogens (primary N) is 1. The number of ether oxygens (including phenoxy) is 1. The number of rotatable bonds is 6. The summed E-state index contributed by atoms with van der Waals surface area (Å²) in [4.78, 5) is 12.0. The van der Waals surface area contributed by atoms with Gasteiger partial charge in [0.1, 0.15) is 5.75 Å². The highest BCUT2D eigenvalue weighted by atomic mass is 16.5. The number of nitrogen functional groups attached to an aromatic ring is 1. The fourth-order valence-corrected chi connectivity index (χ4v) is 2.24. The minimum absolute atomic E-state index is 0.00126. The van der Waals surface area contributed by atoms with Crippen molar-refractivity contribution in [2.75, 3.05) is 18.2 Å². The van der Waals surface area contributed by atoms with Crippen LogP contribution in [0.3, 0.4) is 0 Å². The molecule has 0 unspecified atom stereocenters. The highest BCUT2D eigenvalue weighted by Crippen LogP contribution is 2.22. The molecule has 2 aromatic rings. The van der Waals surface area contributed by atoms with Crippen molar-refractivity contribution >= 4 is 17.3 Å². The summed E-state index contributed by atoms with van der Waals surface area (Å²) >= 11 is 0. The van der Waals surface area contributed by atoms with Crippen molar-refractivity contribution in [1.29, 1.82) is 0 Å². The number of amides is 1. The maximum absolute atomic E-state index is 12.0. The molecule has 0 saturated heterocycles. The molecule has 4 nitrogen and oxygen atoms in total. The summed E-state index contributed by atoms with van der Waals surface area (Å²) < 4.78 is 5.12. The normalized spacial score (nSPS) is 10.3. The van der Waals surface area contributed by atoms with E-state index in [4.69, 9.17) is 10.5 Å². The molecule has 0 aliphatic rings. The lowest BCUT2D eigenvalue weighted by Crippen LogP contribution is -2.12. The van der Waals surface area contributed by atoms with Gasteiger partial charge in [-0.3, -0.25) is 4.79 Å². The highest BCUT2D eigenvalue weighted by molar-refractivity contribution is 5.90. The van der Waals surface area contributed by atoms with Crippen LogP contribution in [-0.2, 0) is 17.6 Å². The van der Waals surface area contributed by atoms with Gasteiger partial charge in [0, 0.05) is 12.1 Å². The van der Waals surface area contributed by atoms with Crippen LogP contribution >= 0.6 is 0 Å². The standard InChI is InChI=1S/C18H22N2O2/c1-3-13-4-8-15(9-5-13)20-18(21)11-7-14-6-10-17(22-2)16(19)12-14/h4-6,8-10,12H,3,7,11,19H2,1-2H3,(H,20,21). The maximum atomic E-state index is 12.0. The Kier molecular flexibility index (Phi) is 5.42. The lowest BCUT2D eigenvalue weighted by Gasteiger charge is -2.08. The zero-order valence-electron chi connectivity index (χ0n) is 13.1. The molecule has 0 saturated carbocycles. The summed E-state index contributed by atoms with van der Waals surface area (Å²) in [5.74, 6) is 0.655. The Hall–Kier alpha value is -2.49.